The molecule has 1 heterocycles. The van der Waals surface area contributed by atoms with Gasteiger partial charge in [-0.25, -0.2) is 0 Å². The van der Waals surface area contributed by atoms with Gasteiger partial charge in [0, 0.05) is 42.0 Å². The van der Waals surface area contributed by atoms with Crippen LogP contribution in [0.5, 0.6) is 5.75 Å². The summed E-state index contributed by atoms with van der Waals surface area (Å²) in [4.78, 5) is 17.1. The third kappa shape index (κ3) is 5.47. The number of carbonyl (C=O) groups is 1. The minimum Gasteiger partial charge on any atom is -0.484 e. The molecule has 0 radical (unpaired) electrons. The predicted octanol–water partition coefficient (Wildman–Crippen LogP) is 3.92. The van der Waals surface area contributed by atoms with Crippen molar-refractivity contribution in [2.45, 2.75) is 13.8 Å². The molecule has 0 bridgehead atoms. The van der Waals surface area contributed by atoms with Gasteiger partial charge >= 0.3 is 0 Å². The van der Waals surface area contributed by atoms with Gasteiger partial charge in [-0.05, 0) is 55.4 Å². The molecular formula is C21H26BrN3O2. The van der Waals surface area contributed by atoms with Crippen LogP contribution in [0, 0.1) is 6.92 Å². The van der Waals surface area contributed by atoms with Crippen LogP contribution in [0.1, 0.15) is 12.5 Å². The lowest BCUT2D eigenvalue weighted by Gasteiger charge is -2.36. The average molecular weight is 432 g/mol. The standard InChI is InChI=1S/C21H26BrN3O2/c1-3-24-9-11-25(12-10-24)20-8-7-18(13-16(20)2)23-21(26)15-27-19-6-4-5-17(22)14-19/h4-8,13-14H,3,9-12,15H2,1-2H3,(H,23,26). The summed E-state index contributed by atoms with van der Waals surface area (Å²) in [7, 11) is 0. The van der Waals surface area contributed by atoms with Gasteiger partial charge in [0.05, 0.1) is 0 Å². The fourth-order valence-electron chi connectivity index (χ4n) is 3.30. The number of rotatable bonds is 6. The van der Waals surface area contributed by atoms with Gasteiger partial charge in [0.15, 0.2) is 6.61 Å². The molecule has 1 fully saturated rings. The first-order chi connectivity index (χ1) is 13.0. The number of hydrogen-bond donors (Lipinski definition) is 1. The van der Waals surface area contributed by atoms with Crippen LogP contribution in [0.4, 0.5) is 11.4 Å². The maximum absolute atomic E-state index is 12.2. The molecule has 2 aromatic carbocycles. The third-order valence-electron chi connectivity index (χ3n) is 4.81. The van der Waals surface area contributed by atoms with E-state index in [0.29, 0.717) is 5.75 Å². The van der Waals surface area contributed by atoms with E-state index in [2.05, 4.69) is 51.0 Å². The third-order valence-corrected chi connectivity index (χ3v) is 5.30. The van der Waals surface area contributed by atoms with Crippen molar-refractivity contribution in [2.24, 2.45) is 0 Å². The van der Waals surface area contributed by atoms with Crippen LogP contribution in [0.3, 0.4) is 0 Å². The number of halogens is 1. The molecule has 2 aromatic rings. The highest BCUT2D eigenvalue weighted by Gasteiger charge is 2.17. The molecule has 1 N–H and O–H groups in total. The minimum absolute atomic E-state index is 0.0176. The molecule has 0 spiro atoms. The van der Waals surface area contributed by atoms with Gasteiger partial charge in [-0.15, -0.1) is 0 Å². The van der Waals surface area contributed by atoms with Crippen LogP contribution in [0.2, 0.25) is 0 Å². The van der Waals surface area contributed by atoms with E-state index in [0.717, 1.165) is 42.9 Å². The number of likely N-dealkylation sites (N-methyl/N-ethyl adjacent to an activating group) is 1. The van der Waals surface area contributed by atoms with Gasteiger partial charge < -0.3 is 19.9 Å². The summed E-state index contributed by atoms with van der Waals surface area (Å²) in [6.45, 7) is 9.67. The SMILES string of the molecule is CCN1CCN(c2ccc(NC(=O)COc3cccc(Br)c3)cc2C)CC1. The number of ether oxygens (including phenoxy) is 1. The molecule has 1 aliphatic heterocycles. The molecule has 6 heteroatoms. The topological polar surface area (TPSA) is 44.8 Å². The highest BCUT2D eigenvalue weighted by atomic mass is 79.9. The Balaban J connectivity index is 1.55. The quantitative estimate of drug-likeness (QED) is 0.752. The Bertz CT molecular complexity index is 789. The minimum atomic E-state index is -0.168. The van der Waals surface area contributed by atoms with E-state index in [1.165, 1.54) is 11.3 Å². The number of nitrogens with zero attached hydrogens (tertiary/aromatic N) is 2. The lowest BCUT2D eigenvalue weighted by Crippen LogP contribution is -2.46. The van der Waals surface area contributed by atoms with Gasteiger partial charge in [0.1, 0.15) is 5.75 Å². The van der Waals surface area contributed by atoms with E-state index in [4.69, 9.17) is 4.74 Å². The lowest BCUT2D eigenvalue weighted by atomic mass is 10.1. The van der Waals surface area contributed by atoms with Crippen molar-refractivity contribution in [3.8, 4) is 5.75 Å². The summed E-state index contributed by atoms with van der Waals surface area (Å²) in [5.74, 6) is 0.496. The van der Waals surface area contributed by atoms with Crippen LogP contribution >= 0.6 is 15.9 Å². The molecule has 5 nitrogen and oxygen atoms in total. The maximum atomic E-state index is 12.2. The van der Waals surface area contributed by atoms with Crippen molar-refractivity contribution >= 4 is 33.2 Å². The van der Waals surface area contributed by atoms with Gasteiger partial charge in [0.2, 0.25) is 0 Å². The summed E-state index contributed by atoms with van der Waals surface area (Å²) >= 11 is 3.39. The second-order valence-electron chi connectivity index (χ2n) is 6.72. The molecule has 0 saturated carbocycles. The van der Waals surface area contributed by atoms with Crippen molar-refractivity contribution in [1.82, 2.24) is 4.90 Å². The fourth-order valence-corrected chi connectivity index (χ4v) is 3.67. The van der Waals surface area contributed by atoms with E-state index in [1.807, 2.05) is 36.4 Å². The van der Waals surface area contributed by atoms with Crippen LogP contribution < -0.4 is 15.0 Å². The van der Waals surface area contributed by atoms with Gasteiger partial charge in [-0.1, -0.05) is 28.9 Å². The van der Waals surface area contributed by atoms with Crippen LogP contribution in [0.25, 0.3) is 0 Å². The fraction of sp³-hybridized carbons (Fsp3) is 0.381. The van der Waals surface area contributed by atoms with E-state index in [9.17, 15) is 4.79 Å². The Hall–Kier alpha value is -2.05. The number of piperazine rings is 1. The molecular weight excluding hydrogens is 406 g/mol. The van der Waals surface area contributed by atoms with E-state index >= 15 is 0 Å². The highest BCUT2D eigenvalue weighted by molar-refractivity contribution is 9.10. The van der Waals surface area contributed by atoms with Gasteiger partial charge in [0.25, 0.3) is 5.91 Å². The molecule has 144 valence electrons. The number of anilines is 2. The molecule has 3 rings (SSSR count). The van der Waals surface area contributed by atoms with Gasteiger partial charge in [-0.2, -0.15) is 0 Å². The van der Waals surface area contributed by atoms with Gasteiger partial charge in [-0.3, -0.25) is 4.79 Å². The van der Waals surface area contributed by atoms with Crippen LogP contribution in [0.15, 0.2) is 46.9 Å². The molecule has 0 aromatic heterocycles. The second kappa shape index (κ2) is 9.24. The Morgan fingerprint density at radius 1 is 1.15 bits per heavy atom. The molecule has 1 aliphatic rings. The number of benzene rings is 2. The highest BCUT2D eigenvalue weighted by Crippen LogP contribution is 2.25. The number of carbonyl (C=O) groups excluding carboxylic acids is 1. The predicted molar refractivity (Wildman–Crippen MR) is 114 cm³/mol. The Labute approximate surface area is 169 Å². The Morgan fingerprint density at radius 2 is 1.93 bits per heavy atom. The Morgan fingerprint density at radius 3 is 2.59 bits per heavy atom. The largest absolute Gasteiger partial charge is 0.484 e. The number of hydrogen-bond acceptors (Lipinski definition) is 4. The first-order valence-electron chi connectivity index (χ1n) is 9.31. The van der Waals surface area contributed by atoms with Crippen molar-refractivity contribution in [3.63, 3.8) is 0 Å². The zero-order valence-electron chi connectivity index (χ0n) is 15.9. The monoisotopic (exact) mass is 431 g/mol. The van der Waals surface area contributed by atoms with E-state index in [1.54, 1.807) is 0 Å². The van der Waals surface area contributed by atoms with Crippen molar-refractivity contribution < 1.29 is 9.53 Å². The normalized spacial score (nSPS) is 14.9. The lowest BCUT2D eigenvalue weighted by molar-refractivity contribution is -0.118. The molecule has 0 aliphatic carbocycles. The number of nitrogens with one attached hydrogen (secondary N) is 1. The molecule has 1 amide bonds. The van der Waals surface area contributed by atoms with E-state index < -0.39 is 0 Å². The average Bonchev–Trinajstić information content (AvgIpc) is 2.67. The van der Waals surface area contributed by atoms with Crippen LogP contribution in [-0.2, 0) is 4.79 Å². The first-order valence-corrected chi connectivity index (χ1v) is 10.1. The Kier molecular flexibility index (Phi) is 6.74. The van der Waals surface area contributed by atoms with Crippen molar-refractivity contribution in [3.05, 3.63) is 52.5 Å². The molecule has 27 heavy (non-hydrogen) atoms. The molecule has 0 atom stereocenters. The summed E-state index contributed by atoms with van der Waals surface area (Å²) in [5, 5.41) is 2.91. The molecule has 0 unspecified atom stereocenters. The number of aryl methyl sites for hydroxylation is 1. The van der Waals surface area contributed by atoms with E-state index in [-0.39, 0.29) is 12.5 Å². The van der Waals surface area contributed by atoms with Crippen LogP contribution in [-0.4, -0.2) is 50.1 Å². The second-order valence-corrected chi connectivity index (χ2v) is 7.63. The summed E-state index contributed by atoms with van der Waals surface area (Å²) in [6, 6.07) is 13.5. The maximum Gasteiger partial charge on any atom is 0.262 e. The summed E-state index contributed by atoms with van der Waals surface area (Å²) in [6.07, 6.45) is 0. The zero-order valence-corrected chi connectivity index (χ0v) is 17.5. The van der Waals surface area contributed by atoms with Crippen molar-refractivity contribution in [1.29, 1.82) is 0 Å². The summed E-state index contributed by atoms with van der Waals surface area (Å²) in [5.41, 5.74) is 3.21. The zero-order chi connectivity index (χ0) is 19.2. The first kappa shape index (κ1) is 19.7. The van der Waals surface area contributed by atoms with Crippen molar-refractivity contribution in [2.75, 3.05) is 49.5 Å². The summed E-state index contributed by atoms with van der Waals surface area (Å²) < 4.78 is 6.46. The number of amides is 1. The molecule has 1 saturated heterocycles. The smallest absolute Gasteiger partial charge is 0.262 e.